The van der Waals surface area contributed by atoms with Crippen LogP contribution in [0.15, 0.2) is 36.4 Å². The summed E-state index contributed by atoms with van der Waals surface area (Å²) in [5.41, 5.74) is 3.56. The first-order valence-electron chi connectivity index (χ1n) is 8.73. The largest absolute Gasteiger partial charge is 0.497 e. The van der Waals surface area contributed by atoms with Gasteiger partial charge in [-0.05, 0) is 31.1 Å². The molecule has 2 N–H and O–H groups in total. The van der Waals surface area contributed by atoms with E-state index in [4.69, 9.17) is 9.47 Å². The minimum absolute atomic E-state index is 0.0154. The van der Waals surface area contributed by atoms with Crippen LogP contribution in [0.25, 0.3) is 16.5 Å². The lowest BCUT2D eigenvalue weighted by atomic mass is 9.98. The third-order valence-electron chi connectivity index (χ3n) is 4.56. The summed E-state index contributed by atoms with van der Waals surface area (Å²) in [6, 6.07) is 8.14. The third kappa shape index (κ3) is 4.04. The average Bonchev–Trinajstić information content (AvgIpc) is 3.01. The quantitative estimate of drug-likeness (QED) is 0.361. The van der Waals surface area contributed by atoms with Gasteiger partial charge in [-0.3, -0.25) is 5.32 Å². The van der Waals surface area contributed by atoms with Gasteiger partial charge in [-0.15, -0.1) is 0 Å². The van der Waals surface area contributed by atoms with Crippen molar-refractivity contribution in [3.05, 3.63) is 47.7 Å². The zero-order chi connectivity index (χ0) is 19.4. The second kappa shape index (κ2) is 8.89. The lowest BCUT2D eigenvalue weighted by Crippen LogP contribution is -2.39. The summed E-state index contributed by atoms with van der Waals surface area (Å²) in [7, 11) is 1.64. The molecule has 142 valence electrons. The summed E-state index contributed by atoms with van der Waals surface area (Å²) in [5.74, 6) is 0.768. The number of allylic oxidation sites excluding steroid dienone is 2. The van der Waals surface area contributed by atoms with Crippen LogP contribution < -0.4 is 10.1 Å². The number of hydrogen-bond acceptors (Lipinski definition) is 5. The fourth-order valence-corrected chi connectivity index (χ4v) is 4.01. The first kappa shape index (κ1) is 19.9. The van der Waals surface area contributed by atoms with Gasteiger partial charge in [0, 0.05) is 24.1 Å². The molecule has 7 heteroatoms. The van der Waals surface area contributed by atoms with Gasteiger partial charge >= 0.3 is 0 Å². The lowest BCUT2D eigenvalue weighted by Gasteiger charge is -2.21. The monoisotopic (exact) mass is 479 g/mol. The maximum atomic E-state index is 9.80. The third-order valence-corrected chi connectivity index (χ3v) is 5.24. The van der Waals surface area contributed by atoms with Crippen molar-refractivity contribution < 1.29 is 14.6 Å². The summed E-state index contributed by atoms with van der Waals surface area (Å²) < 4.78 is 13.3. The van der Waals surface area contributed by atoms with E-state index in [9.17, 15) is 10.4 Å². The number of ether oxygens (including phenoxy) is 2. The molecule has 1 aromatic carbocycles. The van der Waals surface area contributed by atoms with Crippen LogP contribution in [0.1, 0.15) is 24.6 Å². The van der Waals surface area contributed by atoms with Gasteiger partial charge in [0.25, 0.3) is 0 Å². The van der Waals surface area contributed by atoms with Crippen LogP contribution in [-0.2, 0) is 9.29 Å². The van der Waals surface area contributed by atoms with E-state index in [1.54, 1.807) is 7.11 Å². The maximum Gasteiger partial charge on any atom is 0.213 e. The van der Waals surface area contributed by atoms with Crippen molar-refractivity contribution >= 4 is 39.1 Å². The Morgan fingerprint density at radius 3 is 2.89 bits per heavy atom. The molecule has 1 aliphatic rings. The van der Waals surface area contributed by atoms with Gasteiger partial charge in [0.1, 0.15) is 11.8 Å². The molecule has 0 saturated carbocycles. The fourth-order valence-electron chi connectivity index (χ4n) is 3.30. The van der Waals surface area contributed by atoms with E-state index in [0.717, 1.165) is 27.9 Å². The number of rotatable bonds is 7. The molecule has 0 spiro atoms. The molecule has 0 fully saturated rings. The SMILES string of the molecule is CCOC(O)NC1C=CC(c2c(C#N)c3ccc(OC)cc3n2CI)=CC1. The van der Waals surface area contributed by atoms with E-state index in [1.807, 2.05) is 37.3 Å². The summed E-state index contributed by atoms with van der Waals surface area (Å²) in [6.45, 7) is 2.28. The molecule has 6 nitrogen and oxygen atoms in total. The average molecular weight is 479 g/mol. The Morgan fingerprint density at radius 1 is 1.48 bits per heavy atom. The Morgan fingerprint density at radius 2 is 2.30 bits per heavy atom. The molecule has 0 amide bonds. The zero-order valence-corrected chi connectivity index (χ0v) is 17.4. The van der Waals surface area contributed by atoms with E-state index < -0.39 is 6.41 Å². The molecular weight excluding hydrogens is 457 g/mol. The van der Waals surface area contributed by atoms with Crippen LogP contribution in [0.3, 0.4) is 0 Å². The highest BCUT2D eigenvalue weighted by molar-refractivity contribution is 14.1. The normalized spacial score (nSPS) is 17.6. The molecule has 0 bridgehead atoms. The van der Waals surface area contributed by atoms with E-state index in [0.29, 0.717) is 23.1 Å². The van der Waals surface area contributed by atoms with E-state index in [-0.39, 0.29) is 6.04 Å². The van der Waals surface area contributed by atoms with Gasteiger partial charge in [0.15, 0.2) is 0 Å². The Balaban J connectivity index is 1.97. The van der Waals surface area contributed by atoms with E-state index in [2.05, 4.69) is 44.6 Å². The molecule has 2 aromatic rings. The van der Waals surface area contributed by atoms with E-state index in [1.165, 1.54) is 0 Å². The number of alkyl halides is 1. The van der Waals surface area contributed by atoms with Gasteiger partial charge in [0.05, 0.1) is 28.4 Å². The number of fused-ring (bicyclic) bond motifs is 1. The summed E-state index contributed by atoms with van der Waals surface area (Å²) >= 11 is 2.31. The van der Waals surface area contributed by atoms with Crippen LogP contribution in [0.4, 0.5) is 0 Å². The molecule has 2 atom stereocenters. The predicted octanol–water partition coefficient (Wildman–Crippen LogP) is 3.53. The van der Waals surface area contributed by atoms with Crippen molar-refractivity contribution in [3.8, 4) is 11.8 Å². The van der Waals surface area contributed by atoms with Gasteiger partial charge < -0.3 is 19.1 Å². The van der Waals surface area contributed by atoms with Crippen LogP contribution in [0.5, 0.6) is 5.75 Å². The smallest absolute Gasteiger partial charge is 0.213 e. The van der Waals surface area contributed by atoms with Crippen molar-refractivity contribution in [2.75, 3.05) is 13.7 Å². The zero-order valence-electron chi connectivity index (χ0n) is 15.3. The van der Waals surface area contributed by atoms with Crippen LogP contribution in [-0.4, -0.2) is 35.8 Å². The number of methoxy groups -OCH3 is 1. The molecule has 1 heterocycles. The van der Waals surface area contributed by atoms with E-state index >= 15 is 0 Å². The number of halogens is 1. The molecule has 27 heavy (non-hydrogen) atoms. The minimum atomic E-state index is -0.984. The summed E-state index contributed by atoms with van der Waals surface area (Å²) in [6.07, 6.45) is 5.80. The second-order valence-electron chi connectivity index (χ2n) is 6.10. The van der Waals surface area contributed by atoms with Crippen LogP contribution in [0.2, 0.25) is 0 Å². The predicted molar refractivity (Wildman–Crippen MR) is 114 cm³/mol. The van der Waals surface area contributed by atoms with Crippen LogP contribution in [0, 0.1) is 11.3 Å². The minimum Gasteiger partial charge on any atom is -0.497 e. The van der Waals surface area contributed by atoms with Crippen molar-refractivity contribution in [2.24, 2.45) is 0 Å². The number of nitrogens with zero attached hydrogens (tertiary/aromatic N) is 2. The molecule has 0 aliphatic heterocycles. The first-order valence-corrected chi connectivity index (χ1v) is 10.3. The number of aromatic nitrogens is 1. The lowest BCUT2D eigenvalue weighted by molar-refractivity contribution is -0.119. The molecule has 0 radical (unpaired) electrons. The highest BCUT2D eigenvalue weighted by Gasteiger charge is 2.21. The van der Waals surface area contributed by atoms with Crippen molar-refractivity contribution in [1.29, 1.82) is 5.26 Å². The standard InChI is InChI=1S/C20H22IN3O3/c1-3-27-20(25)23-14-6-4-13(5-7-14)19-17(11-22)16-9-8-15(26-2)10-18(16)24(19)12-21/h4-6,8-10,14,20,23,25H,3,7,12H2,1-2H3. The number of aliphatic hydroxyl groups is 1. The molecule has 3 rings (SSSR count). The number of nitriles is 1. The topological polar surface area (TPSA) is 79.4 Å². The number of nitrogens with one attached hydrogen (secondary N) is 1. The Kier molecular flexibility index (Phi) is 6.55. The van der Waals surface area contributed by atoms with Crippen molar-refractivity contribution in [1.82, 2.24) is 9.88 Å². The van der Waals surface area contributed by atoms with Crippen molar-refractivity contribution in [3.63, 3.8) is 0 Å². The van der Waals surface area contributed by atoms with Gasteiger partial charge in [0.2, 0.25) is 6.41 Å². The van der Waals surface area contributed by atoms with Gasteiger partial charge in [-0.2, -0.15) is 5.26 Å². The molecule has 1 aromatic heterocycles. The maximum absolute atomic E-state index is 9.80. The fraction of sp³-hybridized carbons (Fsp3) is 0.350. The summed E-state index contributed by atoms with van der Waals surface area (Å²) in [5, 5.41) is 23.5. The van der Waals surface area contributed by atoms with Crippen molar-refractivity contribution in [2.45, 2.75) is 30.4 Å². The Bertz CT molecular complexity index is 927. The van der Waals surface area contributed by atoms with Crippen LogP contribution >= 0.6 is 22.6 Å². The Labute approximate surface area is 172 Å². The highest BCUT2D eigenvalue weighted by atomic mass is 127. The highest BCUT2D eigenvalue weighted by Crippen LogP contribution is 2.35. The van der Waals surface area contributed by atoms with Gasteiger partial charge in [-0.25, -0.2) is 0 Å². The number of aliphatic hydroxyl groups excluding tert-OH is 1. The first-order chi connectivity index (χ1) is 13.1. The summed E-state index contributed by atoms with van der Waals surface area (Å²) in [4.78, 5) is 0. The molecule has 1 aliphatic carbocycles. The van der Waals surface area contributed by atoms with Gasteiger partial charge in [-0.1, -0.05) is 40.8 Å². The Hall–Kier alpha value is -1.86. The molecular formula is C20H22IN3O3. The number of hydrogen-bond donors (Lipinski definition) is 2. The second-order valence-corrected chi connectivity index (χ2v) is 6.78. The number of benzene rings is 1. The molecule has 2 unspecified atom stereocenters. The molecule has 0 saturated heterocycles.